The number of carbonyl (C=O) groups is 1. The summed E-state index contributed by atoms with van der Waals surface area (Å²) in [7, 11) is 0. The number of hydrogen-bond acceptors (Lipinski definition) is 4. The second-order valence-electron chi connectivity index (χ2n) is 11.7. The maximum absolute atomic E-state index is 14.4. The van der Waals surface area contributed by atoms with Gasteiger partial charge in [0.1, 0.15) is 0 Å². The lowest BCUT2D eigenvalue weighted by Crippen LogP contribution is -2.47. The van der Waals surface area contributed by atoms with E-state index in [4.69, 9.17) is 11.6 Å². The van der Waals surface area contributed by atoms with Crippen molar-refractivity contribution in [3.05, 3.63) is 147 Å². The number of halogens is 1. The monoisotopic (exact) mass is 618 g/mol. The molecule has 1 aliphatic heterocycles. The molecule has 6 nitrogen and oxygen atoms in total. The van der Waals surface area contributed by atoms with Crippen LogP contribution in [0.15, 0.2) is 114 Å². The molecular formula is C38H39ClN4O2. The smallest absolute Gasteiger partial charge is 0.263 e. The summed E-state index contributed by atoms with van der Waals surface area (Å²) < 4.78 is 1.72. The van der Waals surface area contributed by atoms with Crippen molar-refractivity contribution in [3.63, 3.8) is 0 Å². The zero-order chi connectivity index (χ0) is 31.2. The molecule has 1 saturated heterocycles. The predicted molar refractivity (Wildman–Crippen MR) is 183 cm³/mol. The number of pyridine rings is 1. The van der Waals surface area contributed by atoms with Gasteiger partial charge in [0.2, 0.25) is 0 Å². The number of rotatable bonds is 10. The van der Waals surface area contributed by atoms with Gasteiger partial charge in [-0.25, -0.2) is 0 Å². The summed E-state index contributed by atoms with van der Waals surface area (Å²) in [6.45, 7) is 7.11. The first-order valence-electron chi connectivity index (χ1n) is 15.8. The summed E-state index contributed by atoms with van der Waals surface area (Å²) in [4.78, 5) is 33.5. The highest BCUT2D eigenvalue weighted by atomic mass is 35.5. The van der Waals surface area contributed by atoms with Gasteiger partial charge in [-0.15, -0.1) is 0 Å². The van der Waals surface area contributed by atoms with Gasteiger partial charge in [-0.2, -0.15) is 0 Å². The van der Waals surface area contributed by atoms with Crippen molar-refractivity contribution in [3.8, 4) is 5.69 Å². The van der Waals surface area contributed by atoms with Crippen molar-refractivity contribution in [2.24, 2.45) is 0 Å². The molecule has 1 amide bonds. The molecule has 0 saturated carbocycles. The number of aromatic nitrogens is 1. The number of amides is 1. The van der Waals surface area contributed by atoms with Gasteiger partial charge in [-0.1, -0.05) is 97.4 Å². The van der Waals surface area contributed by atoms with Crippen molar-refractivity contribution >= 4 is 28.3 Å². The van der Waals surface area contributed by atoms with Gasteiger partial charge in [-0.3, -0.25) is 19.1 Å². The Hall–Kier alpha value is -4.23. The minimum Gasteiger partial charge on any atom is -0.345 e. The van der Waals surface area contributed by atoms with Gasteiger partial charge in [-0.05, 0) is 54.3 Å². The Kier molecular flexibility index (Phi) is 9.75. The topological polar surface area (TPSA) is 57.6 Å². The molecule has 5 aromatic rings. The minimum absolute atomic E-state index is 0.143. The van der Waals surface area contributed by atoms with Gasteiger partial charge in [0.05, 0.1) is 17.3 Å². The highest BCUT2D eigenvalue weighted by Gasteiger charge is 2.27. The summed E-state index contributed by atoms with van der Waals surface area (Å²) in [6.07, 6.45) is 1.76. The molecule has 4 aromatic carbocycles. The van der Waals surface area contributed by atoms with E-state index in [9.17, 15) is 9.59 Å². The first-order valence-corrected chi connectivity index (χ1v) is 16.2. The fourth-order valence-corrected chi connectivity index (χ4v) is 6.44. The molecule has 0 bridgehead atoms. The third kappa shape index (κ3) is 7.04. The molecule has 230 valence electrons. The van der Waals surface area contributed by atoms with Crippen LogP contribution in [0.25, 0.3) is 16.5 Å². The SMILES string of the molecule is CC[C@H](NC(=O)c1c(CN2CCN(CCc3ccccc3)CC2)n(-c2ccc(Cl)cc2)c(=O)c2ccccc12)c1ccccc1. The number of fused-ring (bicyclic) bond motifs is 1. The fourth-order valence-electron chi connectivity index (χ4n) is 6.32. The lowest BCUT2D eigenvalue weighted by Gasteiger charge is -2.35. The molecule has 1 aromatic heterocycles. The Balaban J connectivity index is 1.36. The van der Waals surface area contributed by atoms with E-state index in [0.717, 1.165) is 51.1 Å². The second kappa shape index (κ2) is 14.2. The van der Waals surface area contributed by atoms with E-state index in [1.165, 1.54) is 5.56 Å². The minimum atomic E-state index is -0.180. The average Bonchev–Trinajstić information content (AvgIpc) is 3.08. The van der Waals surface area contributed by atoms with Crippen LogP contribution in [0.4, 0.5) is 0 Å². The molecular weight excluding hydrogens is 580 g/mol. The largest absolute Gasteiger partial charge is 0.345 e. The van der Waals surface area contributed by atoms with E-state index < -0.39 is 0 Å². The Morgan fingerprint density at radius 2 is 1.38 bits per heavy atom. The normalized spacial score (nSPS) is 14.8. The number of hydrogen-bond donors (Lipinski definition) is 1. The van der Waals surface area contributed by atoms with E-state index in [2.05, 4.69) is 52.4 Å². The number of nitrogens with one attached hydrogen (secondary N) is 1. The van der Waals surface area contributed by atoms with Crippen molar-refractivity contribution in [2.45, 2.75) is 32.4 Å². The van der Waals surface area contributed by atoms with E-state index >= 15 is 0 Å². The van der Waals surface area contributed by atoms with Crippen LogP contribution in [0.5, 0.6) is 0 Å². The highest BCUT2D eigenvalue weighted by molar-refractivity contribution is 6.30. The number of benzene rings is 4. The molecule has 1 N–H and O–H groups in total. The Labute approximate surface area is 269 Å². The first kappa shape index (κ1) is 30.8. The van der Waals surface area contributed by atoms with Crippen LogP contribution in [-0.4, -0.2) is 53.0 Å². The van der Waals surface area contributed by atoms with E-state index in [-0.39, 0.29) is 17.5 Å². The van der Waals surface area contributed by atoms with Crippen LogP contribution < -0.4 is 10.9 Å². The molecule has 45 heavy (non-hydrogen) atoms. The van der Waals surface area contributed by atoms with E-state index in [0.29, 0.717) is 39.3 Å². The molecule has 0 spiro atoms. The van der Waals surface area contributed by atoms with E-state index in [1.54, 1.807) is 16.7 Å². The van der Waals surface area contributed by atoms with Crippen molar-refractivity contribution in [1.82, 2.24) is 19.7 Å². The van der Waals surface area contributed by atoms with Crippen LogP contribution in [0.1, 0.15) is 46.6 Å². The fraction of sp³-hybridized carbons (Fsp3) is 0.263. The summed E-state index contributed by atoms with van der Waals surface area (Å²) in [5.74, 6) is -0.180. The highest BCUT2D eigenvalue weighted by Crippen LogP contribution is 2.27. The van der Waals surface area contributed by atoms with Gasteiger partial charge >= 0.3 is 0 Å². The predicted octanol–water partition coefficient (Wildman–Crippen LogP) is 6.89. The molecule has 2 heterocycles. The standard InChI is InChI=1S/C38H39ClN4O2/c1-2-34(29-13-7-4-8-14-29)40-37(44)36-32-15-9-10-16-33(32)38(45)43(31-19-17-30(39)18-20-31)35(36)27-42-25-23-41(24-26-42)22-21-28-11-5-3-6-12-28/h3-20,34H,2,21-27H2,1H3,(H,40,44)/t34-/m0/s1. The van der Waals surface area contributed by atoms with Gasteiger partial charge < -0.3 is 10.2 Å². The van der Waals surface area contributed by atoms with Gasteiger partial charge in [0.25, 0.3) is 11.5 Å². The van der Waals surface area contributed by atoms with Gasteiger partial charge in [0, 0.05) is 60.8 Å². The molecule has 0 radical (unpaired) electrons. The van der Waals surface area contributed by atoms with Crippen LogP contribution >= 0.6 is 11.6 Å². The van der Waals surface area contributed by atoms with Crippen molar-refractivity contribution in [2.75, 3.05) is 32.7 Å². The third-order valence-electron chi connectivity index (χ3n) is 8.81. The number of carbonyl (C=O) groups excluding carboxylic acids is 1. The lowest BCUT2D eigenvalue weighted by molar-refractivity contribution is 0.0931. The van der Waals surface area contributed by atoms with Crippen LogP contribution in [0, 0.1) is 0 Å². The van der Waals surface area contributed by atoms with Crippen LogP contribution in [0.2, 0.25) is 5.02 Å². The summed E-state index contributed by atoms with van der Waals surface area (Å²) >= 11 is 6.26. The molecule has 1 fully saturated rings. The van der Waals surface area contributed by atoms with Crippen LogP contribution in [-0.2, 0) is 13.0 Å². The van der Waals surface area contributed by atoms with Crippen molar-refractivity contribution < 1.29 is 4.79 Å². The Morgan fingerprint density at radius 1 is 0.778 bits per heavy atom. The summed E-state index contributed by atoms with van der Waals surface area (Å²) in [6, 6.07) is 35.2. The number of nitrogens with zero attached hydrogens (tertiary/aromatic N) is 3. The molecule has 1 atom stereocenters. The molecule has 7 heteroatoms. The first-order chi connectivity index (χ1) is 22.0. The van der Waals surface area contributed by atoms with Crippen molar-refractivity contribution in [1.29, 1.82) is 0 Å². The average molecular weight is 619 g/mol. The molecule has 0 unspecified atom stereocenters. The molecule has 1 aliphatic rings. The zero-order valence-corrected chi connectivity index (χ0v) is 26.4. The zero-order valence-electron chi connectivity index (χ0n) is 25.7. The second-order valence-corrected chi connectivity index (χ2v) is 12.1. The molecule has 6 rings (SSSR count). The third-order valence-corrected chi connectivity index (χ3v) is 9.07. The van der Waals surface area contributed by atoms with Gasteiger partial charge in [0.15, 0.2) is 0 Å². The maximum Gasteiger partial charge on any atom is 0.263 e. The number of piperazine rings is 1. The van der Waals surface area contributed by atoms with E-state index in [1.807, 2.05) is 66.7 Å². The lowest BCUT2D eigenvalue weighted by atomic mass is 9.99. The van der Waals surface area contributed by atoms with Crippen LogP contribution in [0.3, 0.4) is 0 Å². The summed E-state index contributed by atoms with van der Waals surface area (Å²) in [5.41, 5.74) is 4.18. The Bertz CT molecular complexity index is 1800. The quantitative estimate of drug-likeness (QED) is 0.185. The molecule has 0 aliphatic carbocycles. The summed E-state index contributed by atoms with van der Waals surface area (Å²) in [5, 5.41) is 5.09. The maximum atomic E-state index is 14.4. The Morgan fingerprint density at radius 3 is 2.04 bits per heavy atom.